The highest BCUT2D eigenvalue weighted by Crippen LogP contribution is 2.15. The van der Waals surface area contributed by atoms with E-state index in [4.69, 9.17) is 0 Å². The van der Waals surface area contributed by atoms with E-state index >= 15 is 0 Å². The molecule has 0 fully saturated rings. The molecule has 0 amide bonds. The van der Waals surface area contributed by atoms with Crippen LogP contribution in [0.15, 0.2) is 24.4 Å². The third kappa shape index (κ3) is 2.42. The maximum absolute atomic E-state index is 4.25. The number of fused-ring (bicyclic) bond motifs is 1. The van der Waals surface area contributed by atoms with Crippen LogP contribution in [0.5, 0.6) is 0 Å². The van der Waals surface area contributed by atoms with Crippen molar-refractivity contribution in [1.82, 2.24) is 14.7 Å². The van der Waals surface area contributed by atoms with E-state index in [2.05, 4.69) is 42.3 Å². The quantitative estimate of drug-likeness (QED) is 0.781. The molecule has 0 atom stereocenters. The van der Waals surface area contributed by atoms with Gasteiger partial charge in [-0.15, -0.1) is 0 Å². The third-order valence-corrected chi connectivity index (χ3v) is 2.88. The predicted octanol–water partition coefficient (Wildman–Crippen LogP) is 2.07. The van der Waals surface area contributed by atoms with Gasteiger partial charge in [0.1, 0.15) is 0 Å². The van der Waals surface area contributed by atoms with Crippen molar-refractivity contribution < 1.29 is 0 Å². The van der Waals surface area contributed by atoms with Crippen LogP contribution in [0.1, 0.15) is 12.0 Å². The van der Waals surface area contributed by atoms with Gasteiger partial charge < -0.3 is 4.90 Å². The highest BCUT2D eigenvalue weighted by Gasteiger charge is 2.01. The molecule has 1 aromatic carbocycles. The Hall–Kier alpha value is -1.35. The summed E-state index contributed by atoms with van der Waals surface area (Å²) in [6.45, 7) is 1.14. The Morgan fingerprint density at radius 1 is 1.31 bits per heavy atom. The van der Waals surface area contributed by atoms with E-state index in [1.54, 1.807) is 0 Å². The molecule has 2 aromatic rings. The lowest BCUT2D eigenvalue weighted by molar-refractivity contribution is 0.400. The zero-order valence-electron chi connectivity index (χ0n) is 10.3. The van der Waals surface area contributed by atoms with Gasteiger partial charge in [-0.3, -0.25) is 4.68 Å². The van der Waals surface area contributed by atoms with E-state index in [-0.39, 0.29) is 0 Å². The molecular weight excluding hydrogens is 198 g/mol. The molecule has 86 valence electrons. The molecule has 1 heterocycles. The predicted molar refractivity (Wildman–Crippen MR) is 67.6 cm³/mol. The van der Waals surface area contributed by atoms with Crippen molar-refractivity contribution in [2.24, 2.45) is 7.05 Å². The monoisotopic (exact) mass is 217 g/mol. The second-order valence-corrected chi connectivity index (χ2v) is 4.57. The van der Waals surface area contributed by atoms with Gasteiger partial charge >= 0.3 is 0 Å². The van der Waals surface area contributed by atoms with Crippen LogP contribution in [0.4, 0.5) is 0 Å². The molecule has 0 saturated heterocycles. The first-order valence-electron chi connectivity index (χ1n) is 5.72. The summed E-state index contributed by atoms with van der Waals surface area (Å²) in [7, 11) is 6.22. The number of rotatable bonds is 4. The molecule has 0 spiro atoms. The van der Waals surface area contributed by atoms with E-state index in [1.807, 2.05) is 17.9 Å². The summed E-state index contributed by atoms with van der Waals surface area (Å²) in [5.41, 5.74) is 2.63. The Balaban J connectivity index is 2.10. The van der Waals surface area contributed by atoms with Crippen molar-refractivity contribution in [2.45, 2.75) is 12.8 Å². The van der Waals surface area contributed by atoms with Gasteiger partial charge in [-0.25, -0.2) is 0 Å². The van der Waals surface area contributed by atoms with Crippen molar-refractivity contribution in [3.63, 3.8) is 0 Å². The molecule has 3 nitrogen and oxygen atoms in total. The average molecular weight is 217 g/mol. The molecular formula is C13H19N3. The first-order valence-corrected chi connectivity index (χ1v) is 5.72. The van der Waals surface area contributed by atoms with Crippen LogP contribution < -0.4 is 0 Å². The largest absolute Gasteiger partial charge is 0.309 e. The van der Waals surface area contributed by atoms with Gasteiger partial charge in [0.05, 0.1) is 11.7 Å². The number of hydrogen-bond acceptors (Lipinski definition) is 2. The van der Waals surface area contributed by atoms with Crippen LogP contribution in [-0.4, -0.2) is 35.3 Å². The molecule has 0 aliphatic heterocycles. The molecule has 1 aromatic heterocycles. The Bertz CT molecular complexity index is 471. The highest BCUT2D eigenvalue weighted by atomic mass is 15.2. The van der Waals surface area contributed by atoms with E-state index in [1.165, 1.54) is 22.9 Å². The van der Waals surface area contributed by atoms with E-state index in [0.717, 1.165) is 13.0 Å². The number of benzene rings is 1. The fraction of sp³-hybridized carbons (Fsp3) is 0.462. The maximum Gasteiger partial charge on any atom is 0.0681 e. The van der Waals surface area contributed by atoms with E-state index < -0.39 is 0 Å². The van der Waals surface area contributed by atoms with E-state index in [9.17, 15) is 0 Å². The van der Waals surface area contributed by atoms with Gasteiger partial charge in [0, 0.05) is 12.4 Å². The average Bonchev–Trinajstić information content (AvgIpc) is 2.60. The number of nitrogens with zero attached hydrogens (tertiary/aromatic N) is 3. The summed E-state index contributed by atoms with van der Waals surface area (Å²) in [4.78, 5) is 2.22. The van der Waals surface area contributed by atoms with Crippen LogP contribution in [0.2, 0.25) is 0 Å². The molecule has 3 heteroatoms. The lowest BCUT2D eigenvalue weighted by Crippen LogP contribution is -2.13. The van der Waals surface area contributed by atoms with Gasteiger partial charge in [-0.2, -0.15) is 5.10 Å². The zero-order valence-corrected chi connectivity index (χ0v) is 10.3. The van der Waals surface area contributed by atoms with Gasteiger partial charge in [0.2, 0.25) is 0 Å². The lowest BCUT2D eigenvalue weighted by Gasteiger charge is -2.09. The minimum absolute atomic E-state index is 1.14. The topological polar surface area (TPSA) is 21.1 Å². The fourth-order valence-electron chi connectivity index (χ4n) is 1.94. The minimum atomic E-state index is 1.14. The summed E-state index contributed by atoms with van der Waals surface area (Å²) in [5, 5.41) is 5.47. The maximum atomic E-state index is 4.25. The van der Waals surface area contributed by atoms with Crippen molar-refractivity contribution in [1.29, 1.82) is 0 Å². The molecule has 0 aliphatic rings. The summed E-state index contributed by atoms with van der Waals surface area (Å²) in [5.74, 6) is 0. The highest BCUT2D eigenvalue weighted by molar-refractivity contribution is 5.79. The van der Waals surface area contributed by atoms with Crippen LogP contribution in [0, 0.1) is 0 Å². The van der Waals surface area contributed by atoms with Crippen LogP contribution >= 0.6 is 0 Å². The summed E-state index contributed by atoms with van der Waals surface area (Å²) in [6.07, 6.45) is 4.26. The zero-order chi connectivity index (χ0) is 11.5. The van der Waals surface area contributed by atoms with Crippen molar-refractivity contribution in [2.75, 3.05) is 20.6 Å². The molecule has 0 N–H and O–H groups in total. The Morgan fingerprint density at radius 3 is 2.88 bits per heavy atom. The molecule has 2 rings (SSSR count). The summed E-state index contributed by atoms with van der Waals surface area (Å²) >= 11 is 0. The normalized spacial score (nSPS) is 11.5. The van der Waals surface area contributed by atoms with Crippen molar-refractivity contribution >= 4 is 10.9 Å². The fourth-order valence-corrected chi connectivity index (χ4v) is 1.94. The molecule has 0 saturated carbocycles. The van der Waals surface area contributed by atoms with Crippen LogP contribution in [-0.2, 0) is 13.5 Å². The summed E-state index contributed by atoms with van der Waals surface area (Å²) < 4.78 is 1.94. The summed E-state index contributed by atoms with van der Waals surface area (Å²) in [6, 6.07) is 6.62. The minimum Gasteiger partial charge on any atom is -0.309 e. The number of hydrogen-bond donors (Lipinski definition) is 0. The standard InChI is InChI=1S/C13H19N3/c1-15(2)8-4-5-11-6-7-12-10-14-16(3)13(12)9-11/h6-7,9-10H,4-5,8H2,1-3H3. The Labute approximate surface area is 96.7 Å². The van der Waals surface area contributed by atoms with Crippen molar-refractivity contribution in [3.05, 3.63) is 30.0 Å². The lowest BCUT2D eigenvalue weighted by atomic mass is 10.1. The van der Waals surface area contributed by atoms with E-state index in [0.29, 0.717) is 0 Å². The molecule has 0 aliphatic carbocycles. The molecule has 16 heavy (non-hydrogen) atoms. The second kappa shape index (κ2) is 4.66. The van der Waals surface area contributed by atoms with Gasteiger partial charge in [0.25, 0.3) is 0 Å². The molecule has 0 radical (unpaired) electrons. The number of aromatic nitrogens is 2. The molecule has 0 bridgehead atoms. The first-order chi connectivity index (χ1) is 7.66. The third-order valence-electron chi connectivity index (χ3n) is 2.88. The SMILES string of the molecule is CN(C)CCCc1ccc2cnn(C)c2c1. The van der Waals surface area contributed by atoms with Gasteiger partial charge in [-0.05, 0) is 45.1 Å². The van der Waals surface area contributed by atoms with Gasteiger partial charge in [0.15, 0.2) is 0 Å². The first kappa shape index (κ1) is 11.1. The second-order valence-electron chi connectivity index (χ2n) is 4.57. The Kier molecular flexibility index (Phi) is 3.25. The van der Waals surface area contributed by atoms with Gasteiger partial charge in [-0.1, -0.05) is 12.1 Å². The number of aryl methyl sites for hydroxylation is 2. The van der Waals surface area contributed by atoms with Crippen LogP contribution in [0.3, 0.4) is 0 Å². The Morgan fingerprint density at radius 2 is 2.12 bits per heavy atom. The van der Waals surface area contributed by atoms with Crippen LogP contribution in [0.25, 0.3) is 10.9 Å². The van der Waals surface area contributed by atoms with Crippen molar-refractivity contribution in [3.8, 4) is 0 Å². The molecule has 0 unspecified atom stereocenters. The smallest absolute Gasteiger partial charge is 0.0681 e.